The smallest absolute Gasteiger partial charge is 0.373 e. The van der Waals surface area contributed by atoms with Crippen molar-refractivity contribution in [2.75, 3.05) is 12.4 Å². The molecule has 7 heteroatoms. The van der Waals surface area contributed by atoms with Gasteiger partial charge in [0, 0.05) is 17.1 Å². The summed E-state index contributed by atoms with van der Waals surface area (Å²) in [6.07, 6.45) is -4.52. The zero-order valence-electron chi connectivity index (χ0n) is 10.2. The topological polar surface area (TPSA) is 24.9 Å². The maximum Gasteiger partial charge on any atom is 0.416 e. The Bertz CT molecular complexity index is 641. The van der Waals surface area contributed by atoms with Gasteiger partial charge in [0.25, 0.3) is 0 Å². The summed E-state index contributed by atoms with van der Waals surface area (Å²) in [5.74, 6) is -0.615. The van der Waals surface area contributed by atoms with Crippen LogP contribution in [0.1, 0.15) is 5.56 Å². The molecule has 0 bridgehead atoms. The fourth-order valence-electron chi connectivity index (χ4n) is 1.65. The van der Waals surface area contributed by atoms with Crippen LogP contribution < -0.4 is 5.32 Å². The molecule has 1 aromatic heterocycles. The van der Waals surface area contributed by atoms with E-state index in [0.29, 0.717) is 4.47 Å². The number of hydrogen-bond donors (Lipinski definition) is 1. The quantitative estimate of drug-likeness (QED) is 0.795. The van der Waals surface area contributed by atoms with Gasteiger partial charge < -0.3 is 5.32 Å². The number of halogens is 5. The molecule has 0 radical (unpaired) electrons. The van der Waals surface area contributed by atoms with Crippen molar-refractivity contribution in [2.24, 2.45) is 0 Å². The molecule has 0 amide bonds. The first-order valence-corrected chi connectivity index (χ1v) is 6.33. The second-order valence-corrected chi connectivity index (χ2v) is 4.91. The van der Waals surface area contributed by atoms with Gasteiger partial charge >= 0.3 is 6.18 Å². The molecule has 2 aromatic rings. The van der Waals surface area contributed by atoms with Crippen LogP contribution in [0.25, 0.3) is 11.3 Å². The van der Waals surface area contributed by atoms with E-state index in [1.807, 2.05) is 0 Å². The lowest BCUT2D eigenvalue weighted by Gasteiger charge is -2.12. The third-order valence-electron chi connectivity index (χ3n) is 2.61. The fourth-order valence-corrected chi connectivity index (χ4v) is 2.02. The molecule has 0 aliphatic heterocycles. The van der Waals surface area contributed by atoms with Crippen molar-refractivity contribution in [3.05, 3.63) is 46.2 Å². The molecule has 0 saturated heterocycles. The van der Waals surface area contributed by atoms with Crippen molar-refractivity contribution >= 4 is 21.7 Å². The summed E-state index contributed by atoms with van der Waals surface area (Å²) >= 11 is 3.15. The second-order valence-electron chi connectivity index (χ2n) is 4.00. The lowest BCUT2D eigenvalue weighted by Crippen LogP contribution is -2.07. The maximum atomic E-state index is 13.8. The maximum absolute atomic E-state index is 13.8. The van der Waals surface area contributed by atoms with Gasteiger partial charge in [-0.05, 0) is 30.3 Å². The molecule has 1 heterocycles. The van der Waals surface area contributed by atoms with Gasteiger partial charge in [0.05, 0.1) is 11.3 Å². The molecule has 1 N–H and O–H groups in total. The first-order chi connectivity index (χ1) is 9.31. The van der Waals surface area contributed by atoms with Crippen LogP contribution >= 0.6 is 15.9 Å². The number of aromatic nitrogens is 1. The summed E-state index contributed by atoms with van der Waals surface area (Å²) in [5.41, 5.74) is -0.962. The van der Waals surface area contributed by atoms with Crippen LogP contribution in [0.15, 0.2) is 34.8 Å². The highest BCUT2D eigenvalue weighted by Crippen LogP contribution is 2.34. The van der Waals surface area contributed by atoms with Crippen LogP contribution in [0.3, 0.4) is 0 Å². The SMILES string of the molecule is CNc1cc(C(F)(F)F)cc(-c2cc(Br)ccc2F)n1. The molecule has 0 aliphatic carbocycles. The Morgan fingerprint density at radius 1 is 1.15 bits per heavy atom. The lowest BCUT2D eigenvalue weighted by molar-refractivity contribution is -0.137. The molecule has 0 unspecified atom stereocenters. The molecule has 106 valence electrons. The van der Waals surface area contributed by atoms with Gasteiger partial charge in [-0.25, -0.2) is 9.37 Å². The van der Waals surface area contributed by atoms with Crippen molar-refractivity contribution < 1.29 is 17.6 Å². The molecule has 0 aliphatic rings. The highest BCUT2D eigenvalue weighted by Gasteiger charge is 2.32. The minimum atomic E-state index is -4.52. The number of hydrogen-bond acceptors (Lipinski definition) is 2. The third kappa shape index (κ3) is 3.09. The monoisotopic (exact) mass is 348 g/mol. The van der Waals surface area contributed by atoms with Crippen molar-refractivity contribution in [1.29, 1.82) is 0 Å². The van der Waals surface area contributed by atoms with E-state index >= 15 is 0 Å². The van der Waals surface area contributed by atoms with E-state index in [0.717, 1.165) is 12.1 Å². The standard InChI is InChI=1S/C13H9BrF4N2/c1-19-12-5-7(13(16,17)18)4-11(20-12)9-6-8(14)2-3-10(9)15/h2-6H,1H3,(H,19,20). The first-order valence-electron chi connectivity index (χ1n) is 5.53. The van der Waals surface area contributed by atoms with Crippen LogP contribution in [-0.4, -0.2) is 12.0 Å². The Balaban J connectivity index is 2.64. The largest absolute Gasteiger partial charge is 0.416 e. The van der Waals surface area contributed by atoms with Gasteiger partial charge in [-0.15, -0.1) is 0 Å². The van der Waals surface area contributed by atoms with Gasteiger partial charge in [-0.3, -0.25) is 0 Å². The molecule has 20 heavy (non-hydrogen) atoms. The average Bonchev–Trinajstić information content (AvgIpc) is 2.40. The number of pyridine rings is 1. The van der Waals surface area contributed by atoms with Crippen molar-refractivity contribution in [1.82, 2.24) is 4.98 Å². The number of rotatable bonds is 2. The Labute approximate surface area is 121 Å². The summed E-state index contributed by atoms with van der Waals surface area (Å²) < 4.78 is 52.8. The van der Waals surface area contributed by atoms with E-state index in [9.17, 15) is 17.6 Å². The first kappa shape index (κ1) is 14.8. The Morgan fingerprint density at radius 3 is 2.45 bits per heavy atom. The second kappa shape index (κ2) is 5.40. The predicted octanol–water partition coefficient (Wildman–Crippen LogP) is 4.71. The van der Waals surface area contributed by atoms with Gasteiger partial charge in [0.15, 0.2) is 0 Å². The summed E-state index contributed by atoms with van der Waals surface area (Å²) in [5, 5.41) is 2.54. The number of benzene rings is 1. The van der Waals surface area contributed by atoms with Gasteiger partial charge in [-0.2, -0.15) is 13.2 Å². The van der Waals surface area contributed by atoms with Crippen LogP contribution in [0.4, 0.5) is 23.4 Å². The highest BCUT2D eigenvalue weighted by atomic mass is 79.9. The van der Waals surface area contributed by atoms with Crippen molar-refractivity contribution in [3.63, 3.8) is 0 Å². The minimum absolute atomic E-state index is 0.00183. The molecule has 0 fully saturated rings. The molecular weight excluding hydrogens is 340 g/mol. The summed E-state index contributed by atoms with van der Waals surface area (Å²) in [7, 11) is 1.45. The molecular formula is C13H9BrF4N2. The molecule has 2 nitrogen and oxygen atoms in total. The van der Waals surface area contributed by atoms with E-state index in [-0.39, 0.29) is 17.1 Å². The van der Waals surface area contributed by atoms with E-state index in [1.165, 1.54) is 25.2 Å². The van der Waals surface area contributed by atoms with E-state index in [4.69, 9.17) is 0 Å². The Kier molecular flexibility index (Phi) is 3.99. The van der Waals surface area contributed by atoms with Gasteiger partial charge in [0.1, 0.15) is 11.6 Å². The fraction of sp³-hybridized carbons (Fsp3) is 0.154. The molecule has 2 rings (SSSR count). The van der Waals surface area contributed by atoms with Crippen LogP contribution in [0.5, 0.6) is 0 Å². The Hall–Kier alpha value is -1.63. The molecule has 0 atom stereocenters. The molecule has 1 aromatic carbocycles. The highest BCUT2D eigenvalue weighted by molar-refractivity contribution is 9.10. The zero-order valence-corrected chi connectivity index (χ0v) is 11.8. The van der Waals surface area contributed by atoms with Gasteiger partial charge in [-0.1, -0.05) is 15.9 Å². The summed E-state index contributed by atoms with van der Waals surface area (Å²) in [4.78, 5) is 3.97. The molecule has 0 saturated carbocycles. The zero-order chi connectivity index (χ0) is 14.9. The summed E-state index contributed by atoms with van der Waals surface area (Å²) in [6, 6.07) is 5.72. The number of alkyl halides is 3. The predicted molar refractivity (Wildman–Crippen MR) is 71.9 cm³/mol. The van der Waals surface area contributed by atoms with Crippen molar-refractivity contribution in [2.45, 2.75) is 6.18 Å². The van der Waals surface area contributed by atoms with E-state index < -0.39 is 17.6 Å². The van der Waals surface area contributed by atoms with Gasteiger partial charge in [0.2, 0.25) is 0 Å². The average molecular weight is 349 g/mol. The van der Waals surface area contributed by atoms with E-state index in [1.54, 1.807) is 0 Å². The lowest BCUT2D eigenvalue weighted by atomic mass is 10.1. The van der Waals surface area contributed by atoms with Crippen LogP contribution in [-0.2, 0) is 6.18 Å². The normalized spacial score (nSPS) is 11.5. The van der Waals surface area contributed by atoms with Crippen LogP contribution in [0.2, 0.25) is 0 Å². The minimum Gasteiger partial charge on any atom is -0.373 e. The number of nitrogens with zero attached hydrogens (tertiary/aromatic N) is 1. The van der Waals surface area contributed by atoms with Crippen molar-refractivity contribution in [3.8, 4) is 11.3 Å². The van der Waals surface area contributed by atoms with E-state index in [2.05, 4.69) is 26.2 Å². The number of anilines is 1. The Morgan fingerprint density at radius 2 is 1.85 bits per heavy atom. The molecule has 0 spiro atoms. The summed E-state index contributed by atoms with van der Waals surface area (Å²) in [6.45, 7) is 0. The third-order valence-corrected chi connectivity index (χ3v) is 3.11. The van der Waals surface area contributed by atoms with Crippen LogP contribution in [0, 0.1) is 5.82 Å². The number of nitrogens with one attached hydrogen (secondary N) is 1.